The molecule has 0 saturated carbocycles. The molecule has 21 heavy (non-hydrogen) atoms. The standard InChI is InChI=1S/C15H25NO5/c1-10(2)16-11(8-17)9-21-12-6-13(18-3)15(20-5)14(7-12)19-4/h6-7,10-11,16-17H,8-9H2,1-5H3. The lowest BCUT2D eigenvalue weighted by atomic mass is 10.2. The van der Waals surface area contributed by atoms with Crippen LogP contribution in [0.2, 0.25) is 0 Å². The minimum absolute atomic E-state index is 0.00258. The summed E-state index contributed by atoms with van der Waals surface area (Å²) in [7, 11) is 4.66. The van der Waals surface area contributed by atoms with Crippen molar-refractivity contribution in [1.29, 1.82) is 0 Å². The van der Waals surface area contributed by atoms with Gasteiger partial charge in [-0.05, 0) is 0 Å². The van der Waals surface area contributed by atoms with E-state index < -0.39 is 0 Å². The third-order valence-corrected chi connectivity index (χ3v) is 2.88. The number of ether oxygens (including phenoxy) is 4. The van der Waals surface area contributed by atoms with Crippen LogP contribution in [0.5, 0.6) is 23.0 Å². The molecular formula is C15H25NO5. The first-order valence-corrected chi connectivity index (χ1v) is 6.85. The van der Waals surface area contributed by atoms with Crippen molar-refractivity contribution in [2.75, 3.05) is 34.5 Å². The third kappa shape index (κ3) is 4.99. The lowest BCUT2D eigenvalue weighted by Gasteiger charge is -2.20. The summed E-state index contributed by atoms with van der Waals surface area (Å²) in [5, 5.41) is 12.5. The first kappa shape index (κ1) is 17.4. The zero-order valence-corrected chi connectivity index (χ0v) is 13.3. The molecule has 1 aromatic rings. The molecule has 2 N–H and O–H groups in total. The Bertz CT molecular complexity index is 411. The number of nitrogens with one attached hydrogen (secondary N) is 1. The molecule has 0 fully saturated rings. The van der Waals surface area contributed by atoms with E-state index in [-0.39, 0.29) is 18.7 Å². The molecule has 1 aromatic carbocycles. The molecule has 0 bridgehead atoms. The highest BCUT2D eigenvalue weighted by Gasteiger charge is 2.15. The van der Waals surface area contributed by atoms with E-state index in [0.29, 0.717) is 29.6 Å². The van der Waals surface area contributed by atoms with Gasteiger partial charge in [0.2, 0.25) is 5.75 Å². The van der Waals surface area contributed by atoms with Crippen LogP contribution in [0.25, 0.3) is 0 Å². The van der Waals surface area contributed by atoms with Gasteiger partial charge >= 0.3 is 0 Å². The van der Waals surface area contributed by atoms with Crippen molar-refractivity contribution >= 4 is 0 Å². The van der Waals surface area contributed by atoms with Gasteiger partial charge in [0.25, 0.3) is 0 Å². The Balaban J connectivity index is 2.83. The summed E-state index contributed by atoms with van der Waals surface area (Å²) >= 11 is 0. The number of rotatable bonds is 9. The van der Waals surface area contributed by atoms with E-state index in [2.05, 4.69) is 5.32 Å². The highest BCUT2D eigenvalue weighted by molar-refractivity contribution is 5.55. The van der Waals surface area contributed by atoms with Gasteiger partial charge in [0, 0.05) is 18.2 Å². The molecule has 0 aliphatic heterocycles. The molecule has 0 radical (unpaired) electrons. The maximum absolute atomic E-state index is 9.32. The zero-order valence-electron chi connectivity index (χ0n) is 13.3. The van der Waals surface area contributed by atoms with E-state index in [0.717, 1.165) is 0 Å². The van der Waals surface area contributed by atoms with Gasteiger partial charge < -0.3 is 29.4 Å². The topological polar surface area (TPSA) is 69.2 Å². The second-order valence-electron chi connectivity index (χ2n) is 4.87. The van der Waals surface area contributed by atoms with E-state index in [1.807, 2.05) is 13.8 Å². The molecule has 1 unspecified atom stereocenters. The summed E-state index contributed by atoms with van der Waals surface area (Å²) in [6.07, 6.45) is 0. The highest BCUT2D eigenvalue weighted by atomic mass is 16.5. The second-order valence-corrected chi connectivity index (χ2v) is 4.87. The maximum atomic E-state index is 9.32. The summed E-state index contributed by atoms with van der Waals surface area (Å²) in [6.45, 7) is 4.38. The number of hydrogen-bond donors (Lipinski definition) is 2. The molecule has 120 valence electrons. The van der Waals surface area contributed by atoms with Crippen LogP contribution in [0, 0.1) is 0 Å². The molecular weight excluding hydrogens is 274 g/mol. The van der Waals surface area contributed by atoms with Crippen LogP contribution >= 0.6 is 0 Å². The Morgan fingerprint density at radius 2 is 1.62 bits per heavy atom. The fourth-order valence-electron chi connectivity index (χ4n) is 1.96. The van der Waals surface area contributed by atoms with Crippen LogP contribution in [-0.4, -0.2) is 51.7 Å². The fraction of sp³-hybridized carbons (Fsp3) is 0.600. The normalized spacial score (nSPS) is 12.1. The summed E-state index contributed by atoms with van der Waals surface area (Å²) < 4.78 is 21.5. The lowest BCUT2D eigenvalue weighted by Crippen LogP contribution is -2.41. The van der Waals surface area contributed by atoms with Crippen molar-refractivity contribution in [2.24, 2.45) is 0 Å². The number of aliphatic hydroxyl groups is 1. The van der Waals surface area contributed by atoms with Crippen LogP contribution < -0.4 is 24.3 Å². The second kappa shape index (κ2) is 8.59. The van der Waals surface area contributed by atoms with Crippen molar-refractivity contribution < 1.29 is 24.1 Å². The SMILES string of the molecule is COc1cc(OCC(CO)NC(C)C)cc(OC)c1OC. The summed E-state index contributed by atoms with van der Waals surface area (Å²) in [5.41, 5.74) is 0. The molecule has 0 saturated heterocycles. The Labute approximate surface area is 126 Å². The van der Waals surface area contributed by atoms with Crippen LogP contribution in [-0.2, 0) is 0 Å². The molecule has 6 heteroatoms. The van der Waals surface area contributed by atoms with Crippen molar-refractivity contribution in [3.8, 4) is 23.0 Å². The zero-order chi connectivity index (χ0) is 15.8. The summed E-state index contributed by atoms with van der Waals surface area (Å²) in [6, 6.07) is 3.59. The first-order chi connectivity index (χ1) is 10.0. The van der Waals surface area contributed by atoms with E-state index in [4.69, 9.17) is 18.9 Å². The molecule has 0 aromatic heterocycles. The molecule has 1 rings (SSSR count). The smallest absolute Gasteiger partial charge is 0.203 e. The summed E-state index contributed by atoms with van der Waals surface area (Å²) in [5.74, 6) is 2.17. The highest BCUT2D eigenvalue weighted by Crippen LogP contribution is 2.40. The van der Waals surface area contributed by atoms with E-state index in [1.165, 1.54) is 0 Å². The average molecular weight is 299 g/mol. The molecule has 6 nitrogen and oxygen atoms in total. The van der Waals surface area contributed by atoms with Gasteiger partial charge in [-0.2, -0.15) is 0 Å². The molecule has 0 aliphatic rings. The van der Waals surface area contributed by atoms with Crippen molar-refractivity contribution in [1.82, 2.24) is 5.32 Å². The minimum Gasteiger partial charge on any atom is -0.493 e. The monoisotopic (exact) mass is 299 g/mol. The average Bonchev–Trinajstić information content (AvgIpc) is 2.49. The van der Waals surface area contributed by atoms with Crippen molar-refractivity contribution in [2.45, 2.75) is 25.9 Å². The van der Waals surface area contributed by atoms with Crippen LogP contribution in [0.15, 0.2) is 12.1 Å². The van der Waals surface area contributed by atoms with E-state index in [9.17, 15) is 5.11 Å². The summed E-state index contributed by atoms with van der Waals surface area (Å²) in [4.78, 5) is 0. The predicted octanol–water partition coefficient (Wildman–Crippen LogP) is 1.45. The lowest BCUT2D eigenvalue weighted by molar-refractivity contribution is 0.176. The fourth-order valence-corrected chi connectivity index (χ4v) is 1.96. The van der Waals surface area contributed by atoms with Gasteiger partial charge in [0.05, 0.1) is 34.0 Å². The van der Waals surface area contributed by atoms with Gasteiger partial charge in [-0.25, -0.2) is 0 Å². The predicted molar refractivity (Wildman–Crippen MR) is 80.7 cm³/mol. The van der Waals surface area contributed by atoms with E-state index in [1.54, 1.807) is 33.5 Å². The molecule has 0 heterocycles. The molecule has 0 amide bonds. The van der Waals surface area contributed by atoms with Gasteiger partial charge in [-0.1, -0.05) is 13.8 Å². The maximum Gasteiger partial charge on any atom is 0.203 e. The van der Waals surface area contributed by atoms with Gasteiger partial charge in [-0.15, -0.1) is 0 Å². The Hall–Kier alpha value is -1.66. The number of aliphatic hydroxyl groups excluding tert-OH is 1. The van der Waals surface area contributed by atoms with Crippen molar-refractivity contribution in [3.63, 3.8) is 0 Å². The van der Waals surface area contributed by atoms with Crippen LogP contribution in [0.4, 0.5) is 0 Å². The third-order valence-electron chi connectivity index (χ3n) is 2.88. The number of methoxy groups -OCH3 is 3. The van der Waals surface area contributed by atoms with Crippen molar-refractivity contribution in [3.05, 3.63) is 12.1 Å². The van der Waals surface area contributed by atoms with E-state index >= 15 is 0 Å². The number of hydrogen-bond acceptors (Lipinski definition) is 6. The van der Waals surface area contributed by atoms with Gasteiger partial charge in [0.15, 0.2) is 11.5 Å². The van der Waals surface area contributed by atoms with Gasteiger partial charge in [-0.3, -0.25) is 0 Å². The van der Waals surface area contributed by atoms with Gasteiger partial charge in [0.1, 0.15) is 12.4 Å². The Kier molecular flexibility index (Phi) is 7.11. The van der Waals surface area contributed by atoms with Crippen LogP contribution in [0.3, 0.4) is 0 Å². The molecule has 0 aliphatic carbocycles. The minimum atomic E-state index is -0.135. The molecule has 1 atom stereocenters. The Morgan fingerprint density at radius 1 is 1.05 bits per heavy atom. The first-order valence-electron chi connectivity index (χ1n) is 6.85. The largest absolute Gasteiger partial charge is 0.493 e. The van der Waals surface area contributed by atoms with Crippen LogP contribution in [0.1, 0.15) is 13.8 Å². The number of benzene rings is 1. The Morgan fingerprint density at radius 3 is 2.00 bits per heavy atom. The molecule has 0 spiro atoms. The quantitative estimate of drug-likeness (QED) is 0.719.